The van der Waals surface area contributed by atoms with E-state index >= 15 is 0 Å². The molecule has 0 saturated carbocycles. The Bertz CT molecular complexity index is 1870. The standard InChI is InChI=1S/C32H29F3N6O2S/c1-20(2)27-7-5-6-8-28(27)41-22(4)18-44-31(41)38-30(42)37-21(3)17-23-9-11-24(12-10-23)29-36-19-40(39-29)25-13-15-26(16-14-25)43-32(33,34)35/h5-20H,1-4H3,(H,37,42)/b21-17+,38-31-. The topological polar surface area (TPSA) is 86.3 Å². The number of benzene rings is 3. The fraction of sp³-hybridized carbons (Fsp3) is 0.188. The number of hydrogen-bond acceptors (Lipinski definition) is 5. The summed E-state index contributed by atoms with van der Waals surface area (Å²) in [6, 6.07) is 20.4. The van der Waals surface area contributed by atoms with E-state index < -0.39 is 12.4 Å². The minimum Gasteiger partial charge on any atom is -0.406 e. The van der Waals surface area contributed by atoms with Crippen molar-refractivity contribution in [2.24, 2.45) is 4.99 Å². The smallest absolute Gasteiger partial charge is 0.406 e. The van der Waals surface area contributed by atoms with Crippen LogP contribution in [0.1, 0.15) is 43.5 Å². The normalized spacial score (nSPS) is 12.5. The Morgan fingerprint density at radius 3 is 2.43 bits per heavy atom. The van der Waals surface area contributed by atoms with Crippen LogP contribution in [0.25, 0.3) is 28.8 Å². The molecule has 1 N–H and O–H groups in total. The summed E-state index contributed by atoms with van der Waals surface area (Å²) in [6.07, 6.45) is -1.45. The van der Waals surface area contributed by atoms with Crippen LogP contribution in [0.15, 0.2) is 95.2 Å². The highest BCUT2D eigenvalue weighted by molar-refractivity contribution is 7.07. The second-order valence-electron chi connectivity index (χ2n) is 10.3. The van der Waals surface area contributed by atoms with Gasteiger partial charge in [-0.2, -0.15) is 4.99 Å². The zero-order chi connectivity index (χ0) is 31.4. The second-order valence-corrected chi connectivity index (χ2v) is 11.1. The van der Waals surface area contributed by atoms with Crippen molar-refractivity contribution in [1.29, 1.82) is 0 Å². The number of rotatable bonds is 7. The van der Waals surface area contributed by atoms with E-state index in [4.69, 9.17) is 0 Å². The lowest BCUT2D eigenvalue weighted by Gasteiger charge is -2.14. The molecule has 8 nitrogen and oxygen atoms in total. The Morgan fingerprint density at radius 1 is 1.05 bits per heavy atom. The van der Waals surface area contributed by atoms with Crippen LogP contribution in [0.4, 0.5) is 18.0 Å². The van der Waals surface area contributed by atoms with Crippen molar-refractivity contribution in [1.82, 2.24) is 24.6 Å². The van der Waals surface area contributed by atoms with Crippen molar-refractivity contribution < 1.29 is 22.7 Å². The third kappa shape index (κ3) is 7.32. The number of para-hydroxylation sites is 1. The minimum absolute atomic E-state index is 0.310. The van der Waals surface area contributed by atoms with Gasteiger partial charge >= 0.3 is 12.4 Å². The van der Waals surface area contributed by atoms with Crippen LogP contribution in [0.2, 0.25) is 0 Å². The molecule has 12 heteroatoms. The van der Waals surface area contributed by atoms with Crippen molar-refractivity contribution in [3.05, 3.63) is 112 Å². The molecule has 3 aromatic carbocycles. The molecule has 44 heavy (non-hydrogen) atoms. The maximum Gasteiger partial charge on any atom is 0.573 e. The van der Waals surface area contributed by atoms with Crippen molar-refractivity contribution in [3.8, 4) is 28.5 Å². The predicted molar refractivity (Wildman–Crippen MR) is 164 cm³/mol. The summed E-state index contributed by atoms with van der Waals surface area (Å²) in [6.45, 7) is 8.06. The van der Waals surface area contributed by atoms with E-state index in [1.807, 2.05) is 65.4 Å². The highest BCUT2D eigenvalue weighted by Crippen LogP contribution is 2.25. The molecular formula is C32H29F3N6O2S. The Morgan fingerprint density at radius 2 is 1.75 bits per heavy atom. The number of allylic oxidation sites excluding steroid dienone is 1. The van der Waals surface area contributed by atoms with Gasteiger partial charge in [-0.3, -0.25) is 4.57 Å². The molecule has 0 aliphatic heterocycles. The third-order valence-electron chi connectivity index (χ3n) is 6.56. The molecule has 0 atom stereocenters. The fourth-order valence-electron chi connectivity index (χ4n) is 4.56. The van der Waals surface area contributed by atoms with Gasteiger partial charge in [-0.15, -0.1) is 29.6 Å². The number of aryl methyl sites for hydroxylation is 1. The van der Waals surface area contributed by atoms with E-state index in [1.54, 1.807) is 6.92 Å². The van der Waals surface area contributed by atoms with E-state index in [-0.39, 0.29) is 5.75 Å². The Labute approximate surface area is 255 Å². The minimum atomic E-state index is -4.75. The fourth-order valence-corrected chi connectivity index (χ4v) is 5.43. The van der Waals surface area contributed by atoms with Gasteiger partial charge in [-0.1, -0.05) is 56.3 Å². The van der Waals surface area contributed by atoms with Gasteiger partial charge < -0.3 is 10.1 Å². The van der Waals surface area contributed by atoms with Crippen LogP contribution in [-0.4, -0.2) is 31.7 Å². The highest BCUT2D eigenvalue weighted by atomic mass is 32.1. The maximum atomic E-state index is 12.9. The number of nitrogens with one attached hydrogen (secondary N) is 1. The lowest BCUT2D eigenvalue weighted by molar-refractivity contribution is -0.274. The first-order chi connectivity index (χ1) is 21.0. The number of aromatic nitrogens is 4. The van der Waals surface area contributed by atoms with Gasteiger partial charge in [0.05, 0.1) is 11.4 Å². The Balaban J connectivity index is 1.27. The lowest BCUT2D eigenvalue weighted by atomic mass is 10.0. The van der Waals surface area contributed by atoms with Gasteiger partial charge in [0.15, 0.2) is 10.6 Å². The molecule has 0 bridgehead atoms. The zero-order valence-corrected chi connectivity index (χ0v) is 25.1. The average Bonchev–Trinajstić information content (AvgIpc) is 3.60. The van der Waals surface area contributed by atoms with Crippen LogP contribution in [-0.2, 0) is 0 Å². The van der Waals surface area contributed by atoms with E-state index in [0.29, 0.717) is 27.9 Å². The summed E-state index contributed by atoms with van der Waals surface area (Å²) >= 11 is 1.41. The van der Waals surface area contributed by atoms with Crippen molar-refractivity contribution >= 4 is 23.4 Å². The quantitative estimate of drug-likeness (QED) is 0.202. The van der Waals surface area contributed by atoms with Crippen LogP contribution in [0.5, 0.6) is 5.75 Å². The van der Waals surface area contributed by atoms with Gasteiger partial charge in [0, 0.05) is 22.3 Å². The van der Waals surface area contributed by atoms with E-state index in [2.05, 4.69) is 45.0 Å². The molecular weight excluding hydrogens is 589 g/mol. The largest absolute Gasteiger partial charge is 0.573 e. The molecule has 0 aliphatic carbocycles. The average molecular weight is 619 g/mol. The first-order valence-corrected chi connectivity index (χ1v) is 14.5. The molecule has 5 rings (SSSR count). The van der Waals surface area contributed by atoms with Crippen LogP contribution in [0, 0.1) is 6.92 Å². The lowest BCUT2D eigenvalue weighted by Crippen LogP contribution is -2.23. The number of nitrogens with zero attached hydrogens (tertiary/aromatic N) is 5. The zero-order valence-electron chi connectivity index (χ0n) is 24.3. The number of halogens is 3. The van der Waals surface area contributed by atoms with Crippen LogP contribution < -0.4 is 14.9 Å². The van der Waals surface area contributed by atoms with Crippen LogP contribution >= 0.6 is 11.3 Å². The summed E-state index contributed by atoms with van der Waals surface area (Å²) in [7, 11) is 0. The number of thiazole rings is 1. The number of urea groups is 1. The molecule has 0 saturated heterocycles. The van der Waals surface area contributed by atoms with E-state index in [0.717, 1.165) is 22.5 Å². The molecule has 2 amide bonds. The maximum absolute atomic E-state index is 12.9. The number of amides is 2. The van der Waals surface area contributed by atoms with Crippen molar-refractivity contribution in [2.75, 3.05) is 0 Å². The first-order valence-electron chi connectivity index (χ1n) is 13.7. The molecule has 0 radical (unpaired) electrons. The molecule has 2 aromatic heterocycles. The molecule has 0 unspecified atom stereocenters. The number of ether oxygens (including phenoxy) is 1. The third-order valence-corrected chi connectivity index (χ3v) is 7.50. The SMILES string of the molecule is C/C(=C\c1ccc(-c2ncn(-c3ccc(OC(F)(F)F)cc3)n2)cc1)NC(=O)/N=c1\scc(C)n1-c1ccccc1C(C)C. The number of hydrogen-bond donors (Lipinski definition) is 1. The molecule has 5 aromatic rings. The van der Waals surface area contributed by atoms with Gasteiger partial charge in [-0.25, -0.2) is 14.5 Å². The van der Waals surface area contributed by atoms with Gasteiger partial charge in [0.25, 0.3) is 0 Å². The number of carbonyl (C=O) groups is 1. The van der Waals surface area contributed by atoms with Crippen LogP contribution in [0.3, 0.4) is 0 Å². The monoisotopic (exact) mass is 618 g/mol. The van der Waals surface area contributed by atoms with Gasteiger partial charge in [-0.05, 0) is 67.3 Å². The predicted octanol–water partition coefficient (Wildman–Crippen LogP) is 7.79. The van der Waals surface area contributed by atoms with Gasteiger partial charge in [0.1, 0.15) is 12.1 Å². The Hall–Kier alpha value is -4.97. The van der Waals surface area contributed by atoms with Gasteiger partial charge in [0.2, 0.25) is 0 Å². The summed E-state index contributed by atoms with van der Waals surface area (Å²) in [5, 5.41) is 9.24. The summed E-state index contributed by atoms with van der Waals surface area (Å²) < 4.78 is 44.6. The molecule has 0 fully saturated rings. The number of carbonyl (C=O) groups excluding carboxylic acids is 1. The molecule has 2 heterocycles. The summed E-state index contributed by atoms with van der Waals surface area (Å²) in [5.41, 5.74) is 5.91. The van der Waals surface area contributed by atoms with E-state index in [9.17, 15) is 18.0 Å². The van der Waals surface area contributed by atoms with E-state index in [1.165, 1.54) is 52.2 Å². The molecule has 0 spiro atoms. The molecule has 0 aliphatic rings. The van der Waals surface area contributed by atoms with Crippen molar-refractivity contribution in [2.45, 2.75) is 40.0 Å². The summed E-state index contributed by atoms with van der Waals surface area (Å²) in [4.78, 5) is 22.1. The number of alkyl halides is 3. The first kappa shape index (κ1) is 30.5. The summed E-state index contributed by atoms with van der Waals surface area (Å²) in [5.74, 6) is 0.437. The Kier molecular flexibility index (Phi) is 8.81. The molecule has 226 valence electrons. The second kappa shape index (κ2) is 12.7. The highest BCUT2D eigenvalue weighted by Gasteiger charge is 2.31. The van der Waals surface area contributed by atoms with Crippen molar-refractivity contribution in [3.63, 3.8) is 0 Å².